The van der Waals surface area contributed by atoms with E-state index in [1.165, 1.54) is 25.5 Å². The third-order valence-electron chi connectivity index (χ3n) is 1.72. The van der Waals surface area contributed by atoms with Crippen molar-refractivity contribution in [3.05, 3.63) is 0 Å². The molecule has 2 heteroatoms. The van der Waals surface area contributed by atoms with Crippen molar-refractivity contribution in [1.29, 1.82) is 0 Å². The fourth-order valence-corrected chi connectivity index (χ4v) is 1.13. The van der Waals surface area contributed by atoms with Gasteiger partial charge in [-0.2, -0.15) is 0 Å². The lowest BCUT2D eigenvalue weighted by atomic mass is 9.63. The molecule has 0 bridgehead atoms. The third-order valence-corrected chi connectivity index (χ3v) is 1.72. The third kappa shape index (κ3) is 1.51. The van der Waals surface area contributed by atoms with E-state index in [1.54, 1.807) is 7.11 Å². The van der Waals surface area contributed by atoms with Gasteiger partial charge in [-0.1, -0.05) is 12.6 Å². The standard InChI is InChI=1S/C6H12BO/c1-8-6-2-4-7-5-3-6/h6H,2-5H2,1H3. The van der Waals surface area contributed by atoms with Gasteiger partial charge in [-0.25, -0.2) is 0 Å². The largest absolute Gasteiger partial charge is 0.382 e. The molecule has 0 aromatic heterocycles. The lowest BCUT2D eigenvalue weighted by Crippen LogP contribution is -2.16. The van der Waals surface area contributed by atoms with Crippen LogP contribution in [0.2, 0.25) is 12.6 Å². The van der Waals surface area contributed by atoms with E-state index in [-0.39, 0.29) is 0 Å². The van der Waals surface area contributed by atoms with Gasteiger partial charge in [0.25, 0.3) is 0 Å². The zero-order valence-corrected chi connectivity index (χ0v) is 5.39. The normalized spacial score (nSPS) is 22.6. The monoisotopic (exact) mass is 111 g/mol. The predicted molar refractivity (Wildman–Crippen MR) is 35.4 cm³/mol. The summed E-state index contributed by atoms with van der Waals surface area (Å²) in [5, 5.41) is 0. The quantitative estimate of drug-likeness (QED) is 0.464. The molecule has 1 aliphatic rings. The minimum absolute atomic E-state index is 0.556. The van der Waals surface area contributed by atoms with Gasteiger partial charge in [-0.05, 0) is 12.8 Å². The molecule has 1 aliphatic heterocycles. The molecule has 0 aromatic carbocycles. The van der Waals surface area contributed by atoms with Crippen molar-refractivity contribution in [3.63, 3.8) is 0 Å². The summed E-state index contributed by atoms with van der Waals surface area (Å²) in [6.45, 7) is 0. The number of hydrogen-bond acceptors (Lipinski definition) is 1. The highest BCUT2D eigenvalue weighted by molar-refractivity contribution is 6.35. The van der Waals surface area contributed by atoms with Crippen LogP contribution in [0.4, 0.5) is 0 Å². The van der Waals surface area contributed by atoms with E-state index in [0.717, 1.165) is 0 Å². The molecule has 0 spiro atoms. The van der Waals surface area contributed by atoms with Crippen LogP contribution >= 0.6 is 0 Å². The minimum atomic E-state index is 0.556. The molecule has 45 valence electrons. The maximum absolute atomic E-state index is 5.17. The molecule has 1 saturated heterocycles. The molecular weight excluding hydrogens is 98.9 g/mol. The Kier molecular flexibility index (Phi) is 2.41. The lowest BCUT2D eigenvalue weighted by molar-refractivity contribution is 0.0931. The Hall–Kier alpha value is 0.0249. The van der Waals surface area contributed by atoms with Crippen LogP contribution in [0, 0.1) is 0 Å². The van der Waals surface area contributed by atoms with Crippen LogP contribution in [-0.2, 0) is 4.74 Å². The van der Waals surface area contributed by atoms with Crippen LogP contribution in [0.3, 0.4) is 0 Å². The summed E-state index contributed by atoms with van der Waals surface area (Å²) in [7, 11) is 4.14. The maximum Gasteiger partial charge on any atom is 0.109 e. The molecule has 1 rings (SSSR count). The van der Waals surface area contributed by atoms with Gasteiger partial charge < -0.3 is 4.74 Å². The summed E-state index contributed by atoms with van der Waals surface area (Å²) >= 11 is 0. The lowest BCUT2D eigenvalue weighted by Gasteiger charge is -2.18. The van der Waals surface area contributed by atoms with Crippen LogP contribution in [-0.4, -0.2) is 20.5 Å². The van der Waals surface area contributed by atoms with Crippen molar-refractivity contribution in [3.8, 4) is 0 Å². The van der Waals surface area contributed by atoms with E-state index < -0.39 is 0 Å². The molecule has 1 heterocycles. The smallest absolute Gasteiger partial charge is 0.109 e. The van der Waals surface area contributed by atoms with Crippen molar-refractivity contribution in [2.24, 2.45) is 0 Å². The molecule has 0 N–H and O–H groups in total. The van der Waals surface area contributed by atoms with Crippen molar-refractivity contribution in [2.45, 2.75) is 31.6 Å². The zero-order chi connectivity index (χ0) is 5.82. The first-order valence-corrected chi connectivity index (χ1v) is 3.28. The highest BCUT2D eigenvalue weighted by Crippen LogP contribution is 2.15. The van der Waals surface area contributed by atoms with Crippen LogP contribution in [0.25, 0.3) is 0 Å². The van der Waals surface area contributed by atoms with Gasteiger partial charge in [-0.3, -0.25) is 0 Å². The van der Waals surface area contributed by atoms with E-state index in [9.17, 15) is 0 Å². The molecule has 8 heavy (non-hydrogen) atoms. The van der Waals surface area contributed by atoms with Gasteiger partial charge in [0.15, 0.2) is 0 Å². The van der Waals surface area contributed by atoms with E-state index in [0.29, 0.717) is 6.10 Å². The first-order chi connectivity index (χ1) is 3.93. The SMILES string of the molecule is COC1CC[B]CC1. The maximum atomic E-state index is 5.17. The molecule has 0 unspecified atom stereocenters. The average molecular weight is 111 g/mol. The average Bonchev–Trinajstić information content (AvgIpc) is 1.90. The summed E-state index contributed by atoms with van der Waals surface area (Å²) < 4.78 is 5.17. The number of hydrogen-bond donors (Lipinski definition) is 0. The van der Waals surface area contributed by atoms with Gasteiger partial charge in [0.05, 0.1) is 6.10 Å². The first kappa shape index (κ1) is 6.15. The number of methoxy groups -OCH3 is 1. The summed E-state index contributed by atoms with van der Waals surface area (Å²) in [6.07, 6.45) is 5.52. The number of ether oxygens (including phenoxy) is 1. The van der Waals surface area contributed by atoms with E-state index >= 15 is 0 Å². The molecule has 0 amide bonds. The molecular formula is C6H12BO. The predicted octanol–water partition coefficient (Wildman–Crippen LogP) is 1.34. The van der Waals surface area contributed by atoms with E-state index in [2.05, 4.69) is 7.28 Å². The Morgan fingerprint density at radius 2 is 2.00 bits per heavy atom. The Labute approximate surface area is 51.7 Å². The molecule has 0 saturated carbocycles. The van der Waals surface area contributed by atoms with Gasteiger partial charge in [0, 0.05) is 7.11 Å². The Morgan fingerprint density at radius 1 is 1.38 bits per heavy atom. The highest BCUT2D eigenvalue weighted by Gasteiger charge is 2.11. The summed E-state index contributed by atoms with van der Waals surface area (Å²) in [5.41, 5.74) is 0. The number of rotatable bonds is 1. The van der Waals surface area contributed by atoms with E-state index in [1.807, 2.05) is 0 Å². The van der Waals surface area contributed by atoms with Crippen molar-refractivity contribution in [2.75, 3.05) is 7.11 Å². The Balaban J connectivity index is 2.13. The summed E-state index contributed by atoms with van der Waals surface area (Å²) in [6, 6.07) is 0. The van der Waals surface area contributed by atoms with Gasteiger partial charge in [-0.15, -0.1) is 0 Å². The molecule has 0 aromatic rings. The Bertz CT molecular complexity index is 59.5. The minimum Gasteiger partial charge on any atom is -0.382 e. The molecule has 1 radical (unpaired) electrons. The molecule has 1 nitrogen and oxygen atoms in total. The highest BCUT2D eigenvalue weighted by atomic mass is 16.5. The summed E-state index contributed by atoms with van der Waals surface area (Å²) in [5.74, 6) is 0. The van der Waals surface area contributed by atoms with Crippen molar-refractivity contribution in [1.82, 2.24) is 0 Å². The van der Waals surface area contributed by atoms with Crippen LogP contribution in [0.5, 0.6) is 0 Å². The second kappa shape index (κ2) is 3.13. The van der Waals surface area contributed by atoms with Crippen molar-refractivity contribution < 1.29 is 4.74 Å². The second-order valence-corrected chi connectivity index (χ2v) is 2.30. The van der Waals surface area contributed by atoms with Crippen LogP contribution in [0.1, 0.15) is 12.8 Å². The van der Waals surface area contributed by atoms with Crippen LogP contribution < -0.4 is 0 Å². The molecule has 0 aliphatic carbocycles. The van der Waals surface area contributed by atoms with E-state index in [4.69, 9.17) is 4.74 Å². The molecule has 0 atom stereocenters. The second-order valence-electron chi connectivity index (χ2n) is 2.30. The fourth-order valence-electron chi connectivity index (χ4n) is 1.13. The fraction of sp³-hybridized carbons (Fsp3) is 1.00. The van der Waals surface area contributed by atoms with Gasteiger partial charge in [0.2, 0.25) is 0 Å². The van der Waals surface area contributed by atoms with Crippen molar-refractivity contribution >= 4 is 7.28 Å². The van der Waals surface area contributed by atoms with Gasteiger partial charge in [0.1, 0.15) is 7.28 Å². The Morgan fingerprint density at radius 3 is 2.38 bits per heavy atom. The zero-order valence-electron chi connectivity index (χ0n) is 5.39. The summed E-state index contributed by atoms with van der Waals surface area (Å²) in [4.78, 5) is 0. The first-order valence-electron chi connectivity index (χ1n) is 3.28. The molecule has 1 fully saturated rings. The van der Waals surface area contributed by atoms with Crippen LogP contribution in [0.15, 0.2) is 0 Å². The van der Waals surface area contributed by atoms with Gasteiger partial charge >= 0.3 is 0 Å². The topological polar surface area (TPSA) is 9.23 Å².